The summed E-state index contributed by atoms with van der Waals surface area (Å²) in [5.74, 6) is -2.93. The van der Waals surface area contributed by atoms with E-state index in [1.54, 1.807) is 6.92 Å². The first-order chi connectivity index (χ1) is 11.6. The van der Waals surface area contributed by atoms with Crippen LogP contribution in [0.2, 0.25) is 0 Å². The number of sulfone groups is 1. The first kappa shape index (κ1) is 22.8. The molecule has 1 heterocycles. The van der Waals surface area contributed by atoms with Crippen LogP contribution in [0.3, 0.4) is 0 Å². The first-order valence-electron chi connectivity index (χ1n) is 8.11. The fourth-order valence-electron chi connectivity index (χ4n) is 3.36. The van der Waals surface area contributed by atoms with Crippen molar-refractivity contribution in [3.8, 4) is 0 Å². The normalized spacial score (nSPS) is 25.0. The summed E-state index contributed by atoms with van der Waals surface area (Å²) in [7, 11) is -3.95. The molecule has 0 bridgehead atoms. The number of hydrazone groups is 1. The average molecular weight is 415 g/mol. The summed E-state index contributed by atoms with van der Waals surface area (Å²) in [5, 5.41) is 12.3. The summed E-state index contributed by atoms with van der Waals surface area (Å²) in [5.41, 5.74) is 2.32. The molecule has 3 N–H and O–H groups in total. The van der Waals surface area contributed by atoms with Crippen molar-refractivity contribution >= 4 is 31.6 Å². The monoisotopic (exact) mass is 414 g/mol. The highest BCUT2D eigenvalue weighted by molar-refractivity contribution is 7.91. The number of quaternary nitrogens is 1. The van der Waals surface area contributed by atoms with Crippen molar-refractivity contribution in [2.24, 2.45) is 16.9 Å². The summed E-state index contributed by atoms with van der Waals surface area (Å²) < 4.78 is 57.0. The van der Waals surface area contributed by atoms with Gasteiger partial charge in [0.2, 0.25) is 0 Å². The molecule has 12 heteroatoms. The quantitative estimate of drug-likeness (QED) is 0.189. The topological polar surface area (TPSA) is 150 Å². The van der Waals surface area contributed by atoms with Crippen molar-refractivity contribution in [2.75, 3.05) is 44.4 Å². The number of nitrogens with zero attached hydrogens (tertiary/aromatic N) is 2. The van der Waals surface area contributed by atoms with Crippen molar-refractivity contribution in [1.29, 1.82) is 0 Å². The fourth-order valence-corrected chi connectivity index (χ4v) is 6.28. The molecule has 1 saturated heterocycles. The highest BCUT2D eigenvalue weighted by atomic mass is 32.2. The van der Waals surface area contributed by atoms with Crippen molar-refractivity contribution < 1.29 is 35.8 Å². The van der Waals surface area contributed by atoms with Crippen LogP contribution in [-0.2, 0) is 24.7 Å². The van der Waals surface area contributed by atoms with Crippen LogP contribution in [0.5, 0.6) is 0 Å². The number of carboxylic acid groups (broad SMARTS) is 1. The lowest BCUT2D eigenvalue weighted by molar-refractivity contribution is -0.880. The van der Waals surface area contributed by atoms with E-state index in [4.69, 9.17) is 9.66 Å². The second kappa shape index (κ2) is 8.19. The predicted molar refractivity (Wildman–Crippen MR) is 97.2 cm³/mol. The van der Waals surface area contributed by atoms with Gasteiger partial charge in [0, 0.05) is 11.8 Å². The number of hydrogen-bond acceptors (Lipinski definition) is 7. The minimum Gasteiger partial charge on any atom is -0.477 e. The number of carboxylic acids is 1. The van der Waals surface area contributed by atoms with Crippen LogP contribution in [-0.4, -0.2) is 93.1 Å². The third-order valence-corrected chi connectivity index (χ3v) is 7.08. The maximum Gasteiger partial charge on any atom is 0.351 e. The van der Waals surface area contributed by atoms with Gasteiger partial charge in [0.25, 0.3) is 10.1 Å². The smallest absolute Gasteiger partial charge is 0.351 e. The Kier molecular flexibility index (Phi) is 7.18. The molecule has 1 aliphatic rings. The van der Waals surface area contributed by atoms with E-state index in [0.717, 1.165) is 0 Å². The lowest BCUT2D eigenvalue weighted by Gasteiger charge is -2.23. The molecule has 0 aliphatic carbocycles. The maximum absolute atomic E-state index is 12.5. The van der Waals surface area contributed by atoms with Crippen LogP contribution >= 0.6 is 0 Å². The van der Waals surface area contributed by atoms with Crippen LogP contribution in [0.1, 0.15) is 13.8 Å². The molecule has 0 unspecified atom stereocenters. The Hall–Kier alpha value is -1.24. The second-order valence-electron chi connectivity index (χ2n) is 7.68. The minimum atomic E-state index is -4.19. The van der Waals surface area contributed by atoms with E-state index in [2.05, 4.69) is 10.5 Å². The zero-order chi connectivity index (χ0) is 20.3. The van der Waals surface area contributed by atoms with Gasteiger partial charge in [-0.2, -0.15) is 13.5 Å². The minimum absolute atomic E-state index is 0.183. The van der Waals surface area contributed by atoms with Gasteiger partial charge in [-0.15, -0.1) is 0 Å². The average Bonchev–Trinajstić information content (AvgIpc) is 2.66. The van der Waals surface area contributed by atoms with Gasteiger partial charge in [-0.25, -0.2) is 13.2 Å². The number of hydrogen-bond donors (Lipinski definition) is 3. The Labute approximate surface area is 154 Å². The number of carbonyl (C=O) groups is 1. The maximum atomic E-state index is 12.5. The van der Waals surface area contributed by atoms with Gasteiger partial charge >= 0.3 is 5.97 Å². The summed E-state index contributed by atoms with van der Waals surface area (Å²) >= 11 is 0. The van der Waals surface area contributed by atoms with E-state index in [-0.39, 0.29) is 23.1 Å². The van der Waals surface area contributed by atoms with Crippen molar-refractivity contribution in [1.82, 2.24) is 5.43 Å². The van der Waals surface area contributed by atoms with Gasteiger partial charge in [-0.05, 0) is 13.8 Å². The fraction of sp³-hybridized carbons (Fsp3) is 0.857. The van der Waals surface area contributed by atoms with Gasteiger partial charge in [0.15, 0.2) is 9.84 Å². The molecule has 0 radical (unpaired) electrons. The number of likely N-dealkylation sites (tertiary alicyclic amines) is 1. The first-order valence-corrected chi connectivity index (χ1v) is 11.5. The molecule has 0 aromatic rings. The van der Waals surface area contributed by atoms with Gasteiger partial charge in [-0.1, -0.05) is 0 Å². The standard InChI is InChI=1S/C14H27N3O7S2/c1-10(15-16-11(2)14(18)19)7-25(20,21)8-12-5-17(3,4)6-13(12)9-26(22,23)24/h10,12-13,15H,5-9H2,1-4H3,(H-,18,19,22,23,24)/p+1/b16-11-/t10-,12-,13+/m1/s1. The lowest BCUT2D eigenvalue weighted by atomic mass is 10.0. The van der Waals surface area contributed by atoms with Crippen LogP contribution < -0.4 is 5.43 Å². The molecule has 3 atom stereocenters. The molecule has 0 saturated carbocycles. The second-order valence-corrected chi connectivity index (χ2v) is 11.3. The molecule has 26 heavy (non-hydrogen) atoms. The Bertz CT molecular complexity index is 759. The lowest BCUT2D eigenvalue weighted by Crippen LogP contribution is -2.38. The van der Waals surface area contributed by atoms with Gasteiger partial charge < -0.3 is 15.0 Å². The number of nitrogens with one attached hydrogen (secondary N) is 1. The van der Waals surface area contributed by atoms with Crippen molar-refractivity contribution in [3.63, 3.8) is 0 Å². The molecule has 0 aromatic heterocycles. The third-order valence-electron chi connectivity index (χ3n) is 4.28. The van der Waals surface area contributed by atoms with Crippen LogP contribution in [0.15, 0.2) is 5.10 Å². The van der Waals surface area contributed by atoms with Gasteiger partial charge in [0.1, 0.15) is 5.71 Å². The van der Waals surface area contributed by atoms with Crippen molar-refractivity contribution in [2.45, 2.75) is 19.9 Å². The zero-order valence-corrected chi connectivity index (χ0v) is 17.0. The SMILES string of the molecule is C/C(=N/N[C@H](C)CS(=O)(=O)C[C@H]1C[N+](C)(C)C[C@H]1CS(=O)(=O)O)C(=O)O. The Morgan fingerprint density at radius 1 is 1.19 bits per heavy atom. The van der Waals surface area contributed by atoms with E-state index in [1.807, 2.05) is 14.1 Å². The van der Waals surface area contributed by atoms with E-state index < -0.39 is 43.6 Å². The highest BCUT2D eigenvalue weighted by Crippen LogP contribution is 2.29. The molecule has 0 amide bonds. The summed E-state index contributed by atoms with van der Waals surface area (Å²) in [6.07, 6.45) is 0. The van der Waals surface area contributed by atoms with Gasteiger partial charge in [0.05, 0.1) is 50.5 Å². The zero-order valence-electron chi connectivity index (χ0n) is 15.4. The molecular formula is C14H28N3O7S2+. The summed E-state index contributed by atoms with van der Waals surface area (Å²) in [6.45, 7) is 3.82. The Balaban J connectivity index is 2.77. The van der Waals surface area contributed by atoms with Crippen LogP contribution in [0.25, 0.3) is 0 Å². The van der Waals surface area contributed by atoms with E-state index in [9.17, 15) is 21.6 Å². The third kappa shape index (κ3) is 7.98. The predicted octanol–water partition coefficient (Wildman–Crippen LogP) is -0.950. The van der Waals surface area contributed by atoms with E-state index in [1.165, 1.54) is 6.92 Å². The molecule has 152 valence electrons. The molecule has 1 aliphatic heterocycles. The highest BCUT2D eigenvalue weighted by Gasteiger charge is 2.44. The van der Waals surface area contributed by atoms with Gasteiger partial charge in [-0.3, -0.25) is 4.55 Å². The van der Waals surface area contributed by atoms with E-state index in [0.29, 0.717) is 17.6 Å². The summed E-state index contributed by atoms with van der Waals surface area (Å²) in [4.78, 5) is 10.7. The van der Waals surface area contributed by atoms with Crippen molar-refractivity contribution in [3.05, 3.63) is 0 Å². The molecule has 10 nitrogen and oxygen atoms in total. The van der Waals surface area contributed by atoms with Crippen LogP contribution in [0, 0.1) is 11.8 Å². The molecule has 0 aromatic carbocycles. The summed E-state index contributed by atoms with van der Waals surface area (Å²) in [6, 6.07) is -0.599. The van der Waals surface area contributed by atoms with Crippen LogP contribution in [0.4, 0.5) is 0 Å². The van der Waals surface area contributed by atoms with E-state index >= 15 is 0 Å². The Morgan fingerprint density at radius 3 is 2.15 bits per heavy atom. The Morgan fingerprint density at radius 2 is 1.69 bits per heavy atom. The molecule has 0 spiro atoms. The molecule has 1 fully saturated rings. The largest absolute Gasteiger partial charge is 0.477 e. The number of rotatable bonds is 9. The molecular weight excluding hydrogens is 386 g/mol. The molecule has 1 rings (SSSR count). The number of aliphatic carboxylic acids is 1.